The van der Waals surface area contributed by atoms with Crippen LogP contribution in [0, 0.1) is 18.6 Å². The molecule has 1 amide bonds. The fourth-order valence-electron chi connectivity index (χ4n) is 5.18. The Hall–Kier alpha value is -4.43. The number of ether oxygens (including phenoxy) is 1. The maximum atomic E-state index is 14.8. The molecule has 1 aliphatic heterocycles. The van der Waals surface area contributed by atoms with Crippen LogP contribution in [-0.4, -0.2) is 41.1 Å². The van der Waals surface area contributed by atoms with Crippen molar-refractivity contribution in [1.82, 2.24) is 9.88 Å². The molecule has 3 aromatic rings. The van der Waals surface area contributed by atoms with E-state index < -0.39 is 75.7 Å². The van der Waals surface area contributed by atoms with Crippen molar-refractivity contribution in [3.8, 4) is 16.9 Å². The van der Waals surface area contributed by atoms with E-state index in [1.54, 1.807) is 0 Å². The van der Waals surface area contributed by atoms with Crippen LogP contribution in [0.1, 0.15) is 53.0 Å². The van der Waals surface area contributed by atoms with Crippen LogP contribution >= 0.6 is 0 Å². The van der Waals surface area contributed by atoms with Gasteiger partial charge < -0.3 is 19.9 Å². The van der Waals surface area contributed by atoms with E-state index >= 15 is 0 Å². The number of ketones is 1. The number of halogens is 8. The molecule has 2 heterocycles. The number of nitrogens with one attached hydrogen (secondary N) is 2. The molecule has 2 aromatic carbocycles. The van der Waals surface area contributed by atoms with Gasteiger partial charge in [0.1, 0.15) is 29.0 Å². The van der Waals surface area contributed by atoms with Crippen molar-refractivity contribution in [3.05, 3.63) is 80.3 Å². The predicted molar refractivity (Wildman–Crippen MR) is 152 cm³/mol. The molecule has 0 aliphatic carbocycles. The molecule has 1 aliphatic rings. The summed E-state index contributed by atoms with van der Waals surface area (Å²) in [6.07, 6.45) is -9.10. The maximum Gasteiger partial charge on any atom is 0.417 e. The molecule has 0 fully saturated rings. The summed E-state index contributed by atoms with van der Waals surface area (Å²) >= 11 is 0. The Morgan fingerprint density at radius 2 is 1.67 bits per heavy atom. The van der Waals surface area contributed by atoms with Crippen LogP contribution in [0.3, 0.4) is 0 Å². The number of anilines is 1. The number of hydrogen-bond donors (Lipinski definition) is 2. The van der Waals surface area contributed by atoms with E-state index in [-0.39, 0.29) is 30.0 Å². The molecule has 4 rings (SSSR count). The van der Waals surface area contributed by atoms with Crippen LogP contribution < -0.4 is 20.9 Å². The quantitative estimate of drug-likeness (QED) is 0.278. The largest absolute Gasteiger partial charge is 0.493 e. The molecule has 0 saturated carbocycles. The maximum absolute atomic E-state index is 14.8. The van der Waals surface area contributed by atoms with Gasteiger partial charge in [-0.3, -0.25) is 14.4 Å². The Bertz CT molecular complexity index is 1720. The monoisotopic (exact) mass is 659 g/mol. The van der Waals surface area contributed by atoms with E-state index in [1.165, 1.54) is 26.1 Å². The molecule has 0 radical (unpaired) electrons. The van der Waals surface area contributed by atoms with Gasteiger partial charge in [-0.15, -0.1) is 0 Å². The lowest BCUT2D eigenvalue weighted by Crippen LogP contribution is -2.42. The lowest BCUT2D eigenvalue weighted by Gasteiger charge is -2.26. The summed E-state index contributed by atoms with van der Waals surface area (Å²) in [7, 11) is 1.34. The lowest BCUT2D eigenvalue weighted by molar-refractivity contribution is -0.138. The fourth-order valence-corrected chi connectivity index (χ4v) is 5.18. The van der Waals surface area contributed by atoms with Crippen LogP contribution in [0.25, 0.3) is 11.1 Å². The summed E-state index contributed by atoms with van der Waals surface area (Å²) in [6, 6.07) is 1.02. The highest BCUT2D eigenvalue weighted by molar-refractivity contribution is 5.98. The van der Waals surface area contributed by atoms with Gasteiger partial charge in [0, 0.05) is 30.4 Å². The third kappa shape index (κ3) is 7.02. The first-order valence-electron chi connectivity index (χ1n) is 14.0. The molecule has 0 spiro atoms. The Labute approximate surface area is 257 Å². The first-order chi connectivity index (χ1) is 21.3. The van der Waals surface area contributed by atoms with E-state index in [9.17, 15) is 49.5 Å². The highest BCUT2D eigenvalue weighted by Gasteiger charge is 2.38. The predicted octanol–water partition coefficient (Wildman–Crippen LogP) is 6.28. The Balaban J connectivity index is 1.69. The summed E-state index contributed by atoms with van der Waals surface area (Å²) in [5.74, 6) is -4.94. The van der Waals surface area contributed by atoms with Crippen LogP contribution in [0.2, 0.25) is 0 Å². The normalized spacial score (nSPS) is 14.6. The first-order valence-corrected chi connectivity index (χ1v) is 14.0. The SMILES string of the molecule is CC(=O)[C@H](Cc1ccc(-c2c(C(F)(F)F)cc(C)n(C)c2=O)c2c1CCCO2)NC(=O)c1c(F)cc(N[C@H](C)C(F)(F)F)cc1F. The number of carbonyl (C=O) groups is 2. The molecular weight excluding hydrogens is 630 g/mol. The van der Waals surface area contributed by atoms with Crippen molar-refractivity contribution in [2.45, 2.75) is 64.5 Å². The van der Waals surface area contributed by atoms with Gasteiger partial charge >= 0.3 is 12.4 Å². The molecule has 15 heteroatoms. The van der Waals surface area contributed by atoms with Gasteiger partial charge in [0.15, 0.2) is 5.78 Å². The summed E-state index contributed by atoms with van der Waals surface area (Å²) in [6.45, 7) is 3.34. The highest BCUT2D eigenvalue weighted by atomic mass is 19.4. The number of alkyl halides is 6. The van der Waals surface area contributed by atoms with Crippen molar-refractivity contribution >= 4 is 17.4 Å². The summed E-state index contributed by atoms with van der Waals surface area (Å²) in [5.41, 5.74) is -3.61. The number of carbonyl (C=O) groups excluding carboxylic acids is 2. The standard InChI is InChI=1S/C31H29F8N3O4/c1-14-10-21(31(37,38)39)25(29(45)42(14)4)20-8-7-17(19-6-5-9-46-27(19)20)11-24(15(2)43)41-28(44)26-22(32)12-18(13-23(26)33)40-16(3)30(34,35)36/h7-8,10,12-13,16,24,40H,5-6,9,11H2,1-4H3,(H,41,44)/t16-,24+/m1/s1. The van der Waals surface area contributed by atoms with Crippen LogP contribution in [0.15, 0.2) is 35.1 Å². The van der Waals surface area contributed by atoms with Gasteiger partial charge in [0.25, 0.3) is 11.5 Å². The topological polar surface area (TPSA) is 89.4 Å². The van der Waals surface area contributed by atoms with E-state index in [0.717, 1.165) is 24.5 Å². The summed E-state index contributed by atoms with van der Waals surface area (Å²) in [4.78, 5) is 38.6. The molecule has 0 bridgehead atoms. The third-order valence-electron chi connectivity index (χ3n) is 7.78. The van der Waals surface area contributed by atoms with Crippen molar-refractivity contribution in [1.29, 1.82) is 0 Å². The zero-order valence-corrected chi connectivity index (χ0v) is 25.0. The van der Waals surface area contributed by atoms with Gasteiger partial charge in [0.05, 0.1) is 23.8 Å². The second-order valence-corrected chi connectivity index (χ2v) is 11.0. The smallest absolute Gasteiger partial charge is 0.417 e. The van der Waals surface area contributed by atoms with Gasteiger partial charge in [-0.05, 0) is 62.9 Å². The molecule has 248 valence electrons. The number of nitrogens with zero attached hydrogens (tertiary/aromatic N) is 1. The van der Waals surface area contributed by atoms with Crippen molar-refractivity contribution in [3.63, 3.8) is 0 Å². The average molecular weight is 660 g/mol. The molecule has 7 nitrogen and oxygen atoms in total. The first kappa shape index (κ1) is 34.4. The van der Waals surface area contributed by atoms with Crippen LogP contribution in [0.5, 0.6) is 5.75 Å². The summed E-state index contributed by atoms with van der Waals surface area (Å²) in [5, 5.41) is 4.14. The van der Waals surface area contributed by atoms with Crippen LogP contribution in [0.4, 0.5) is 40.8 Å². The number of benzene rings is 2. The van der Waals surface area contributed by atoms with Crippen molar-refractivity contribution < 1.29 is 49.4 Å². The lowest BCUT2D eigenvalue weighted by atomic mass is 9.88. The van der Waals surface area contributed by atoms with E-state index in [4.69, 9.17) is 4.74 Å². The average Bonchev–Trinajstić information content (AvgIpc) is 2.94. The van der Waals surface area contributed by atoms with Gasteiger partial charge in [-0.1, -0.05) is 12.1 Å². The second kappa shape index (κ2) is 12.8. The zero-order chi connectivity index (χ0) is 34.3. The number of aryl methyl sites for hydroxylation is 1. The van der Waals surface area contributed by atoms with Gasteiger partial charge in [-0.2, -0.15) is 26.3 Å². The molecule has 0 unspecified atom stereocenters. The Morgan fingerprint density at radius 3 is 2.24 bits per heavy atom. The number of amides is 1. The van der Waals surface area contributed by atoms with Crippen LogP contribution in [-0.2, 0) is 30.9 Å². The van der Waals surface area contributed by atoms with E-state index in [2.05, 4.69) is 5.32 Å². The molecule has 2 atom stereocenters. The second-order valence-electron chi connectivity index (χ2n) is 11.0. The zero-order valence-electron chi connectivity index (χ0n) is 25.0. The molecular formula is C31H29F8N3O4. The number of pyridine rings is 1. The molecule has 2 N–H and O–H groups in total. The van der Waals surface area contributed by atoms with Crippen molar-refractivity contribution in [2.75, 3.05) is 11.9 Å². The number of Topliss-reactive ketones (excluding diaryl/α,β-unsaturated/α-hetero) is 1. The number of aromatic nitrogens is 1. The molecule has 46 heavy (non-hydrogen) atoms. The number of rotatable bonds is 8. The minimum Gasteiger partial charge on any atom is -0.493 e. The molecule has 1 aromatic heterocycles. The minimum atomic E-state index is -4.87. The number of hydrogen-bond acceptors (Lipinski definition) is 5. The summed E-state index contributed by atoms with van der Waals surface area (Å²) < 4.78 is 117. The van der Waals surface area contributed by atoms with Gasteiger partial charge in [-0.25, -0.2) is 8.78 Å². The highest BCUT2D eigenvalue weighted by Crippen LogP contribution is 2.43. The number of fused-ring (bicyclic) bond motifs is 1. The Morgan fingerprint density at radius 1 is 1.04 bits per heavy atom. The Kier molecular flexibility index (Phi) is 9.55. The van der Waals surface area contributed by atoms with Gasteiger partial charge in [0.2, 0.25) is 0 Å². The van der Waals surface area contributed by atoms with E-state index in [0.29, 0.717) is 36.1 Å². The minimum absolute atomic E-state index is 0.0112. The van der Waals surface area contributed by atoms with E-state index in [1.807, 2.05) is 5.32 Å². The third-order valence-corrected chi connectivity index (χ3v) is 7.78. The molecule has 0 saturated heterocycles. The van der Waals surface area contributed by atoms with Crippen molar-refractivity contribution in [2.24, 2.45) is 7.05 Å². The fraction of sp³-hybridized carbons (Fsp3) is 0.387.